The maximum absolute atomic E-state index is 2.53. The number of hydrogen-bond acceptors (Lipinski definition) is 1. The van der Waals surface area contributed by atoms with Gasteiger partial charge in [0.2, 0.25) is 0 Å². The Morgan fingerprint density at radius 3 is 2.04 bits per heavy atom. The maximum Gasteiger partial charge on any atom is 0.0528 e. The third-order valence-corrected chi connectivity index (χ3v) is 5.27. The molecule has 0 fully saturated rings. The highest BCUT2D eigenvalue weighted by Gasteiger charge is 2.25. The van der Waals surface area contributed by atoms with E-state index in [0.29, 0.717) is 0 Å². The highest BCUT2D eigenvalue weighted by molar-refractivity contribution is 6.15. The number of hydrogen-bond donors (Lipinski definition) is 0. The standard InChI is InChI=1S/C27H27N/c1-3-18-28-19-17-25(22-12-6-4-7-13-22)26(24-16-10-11-21(2)20-24)27(28)23-14-8-5-9-15-23/h4-17,20H,3,18-19H2,1-2H3. The van der Waals surface area contributed by atoms with Gasteiger partial charge in [-0.05, 0) is 35.6 Å². The second-order valence-corrected chi connectivity index (χ2v) is 7.39. The van der Waals surface area contributed by atoms with Gasteiger partial charge in [-0.15, -0.1) is 0 Å². The quantitative estimate of drug-likeness (QED) is 0.488. The highest BCUT2D eigenvalue weighted by Crippen LogP contribution is 2.42. The number of allylic oxidation sites excluding steroid dienone is 2. The lowest BCUT2D eigenvalue weighted by Gasteiger charge is -2.34. The van der Waals surface area contributed by atoms with Crippen LogP contribution in [0.2, 0.25) is 0 Å². The van der Waals surface area contributed by atoms with Gasteiger partial charge in [-0.3, -0.25) is 0 Å². The molecule has 0 aromatic heterocycles. The first-order chi connectivity index (χ1) is 13.8. The van der Waals surface area contributed by atoms with Crippen molar-refractivity contribution in [2.45, 2.75) is 20.3 Å². The van der Waals surface area contributed by atoms with Crippen molar-refractivity contribution in [2.24, 2.45) is 0 Å². The van der Waals surface area contributed by atoms with Gasteiger partial charge >= 0.3 is 0 Å². The van der Waals surface area contributed by atoms with Crippen LogP contribution in [-0.2, 0) is 0 Å². The normalized spacial score (nSPS) is 14.2. The molecule has 0 radical (unpaired) electrons. The van der Waals surface area contributed by atoms with E-state index in [-0.39, 0.29) is 0 Å². The van der Waals surface area contributed by atoms with Crippen LogP contribution >= 0.6 is 0 Å². The Balaban J connectivity index is 2.00. The number of nitrogens with zero attached hydrogens (tertiary/aromatic N) is 1. The fraction of sp³-hybridized carbons (Fsp3) is 0.185. The zero-order valence-electron chi connectivity index (χ0n) is 16.7. The predicted molar refractivity (Wildman–Crippen MR) is 121 cm³/mol. The minimum atomic E-state index is 0.942. The average molecular weight is 366 g/mol. The smallest absolute Gasteiger partial charge is 0.0528 e. The van der Waals surface area contributed by atoms with E-state index in [1.807, 2.05) is 0 Å². The molecule has 1 heteroatoms. The summed E-state index contributed by atoms with van der Waals surface area (Å²) in [5.74, 6) is 0. The SMILES string of the molecule is CCCN1CC=C(c2ccccc2)C(c2cccc(C)c2)=C1c1ccccc1. The second kappa shape index (κ2) is 8.31. The van der Waals surface area contributed by atoms with Gasteiger partial charge in [0.05, 0.1) is 5.70 Å². The molecule has 1 heterocycles. The summed E-state index contributed by atoms with van der Waals surface area (Å²) in [4.78, 5) is 2.53. The Kier molecular flexibility index (Phi) is 5.43. The number of benzene rings is 3. The Labute approximate surface area is 168 Å². The van der Waals surface area contributed by atoms with Gasteiger partial charge in [-0.1, -0.05) is 103 Å². The van der Waals surface area contributed by atoms with Crippen LogP contribution in [0.3, 0.4) is 0 Å². The summed E-state index contributed by atoms with van der Waals surface area (Å²) in [6.45, 7) is 6.42. The molecule has 3 aromatic carbocycles. The summed E-state index contributed by atoms with van der Waals surface area (Å²) >= 11 is 0. The van der Waals surface area contributed by atoms with Crippen molar-refractivity contribution in [3.63, 3.8) is 0 Å². The number of aryl methyl sites for hydroxylation is 1. The molecule has 140 valence electrons. The molecule has 3 aromatic rings. The average Bonchev–Trinajstić information content (AvgIpc) is 2.75. The van der Waals surface area contributed by atoms with Gasteiger partial charge in [-0.25, -0.2) is 0 Å². The summed E-state index contributed by atoms with van der Waals surface area (Å²) in [6.07, 6.45) is 3.53. The molecule has 0 amide bonds. The third-order valence-electron chi connectivity index (χ3n) is 5.27. The van der Waals surface area contributed by atoms with Gasteiger partial charge < -0.3 is 4.90 Å². The summed E-state index contributed by atoms with van der Waals surface area (Å²) in [5, 5.41) is 0. The Hall–Kier alpha value is -3.06. The van der Waals surface area contributed by atoms with E-state index in [1.54, 1.807) is 0 Å². The van der Waals surface area contributed by atoms with Crippen LogP contribution in [0.4, 0.5) is 0 Å². The molecule has 1 aliphatic rings. The van der Waals surface area contributed by atoms with Crippen LogP contribution in [-0.4, -0.2) is 18.0 Å². The first kappa shape index (κ1) is 18.3. The van der Waals surface area contributed by atoms with Crippen LogP contribution in [0.25, 0.3) is 16.8 Å². The Bertz CT molecular complexity index is 997. The van der Waals surface area contributed by atoms with Crippen LogP contribution in [0, 0.1) is 6.92 Å². The molecular weight excluding hydrogens is 338 g/mol. The van der Waals surface area contributed by atoms with Crippen molar-refractivity contribution in [1.82, 2.24) is 4.90 Å². The molecule has 1 nitrogen and oxygen atoms in total. The van der Waals surface area contributed by atoms with Gasteiger partial charge in [0.25, 0.3) is 0 Å². The fourth-order valence-electron chi connectivity index (χ4n) is 4.05. The molecule has 4 rings (SSSR count). The lowest BCUT2D eigenvalue weighted by atomic mass is 9.85. The van der Waals surface area contributed by atoms with Crippen LogP contribution < -0.4 is 0 Å². The van der Waals surface area contributed by atoms with Crippen molar-refractivity contribution in [1.29, 1.82) is 0 Å². The van der Waals surface area contributed by atoms with E-state index in [4.69, 9.17) is 0 Å². The molecule has 0 N–H and O–H groups in total. The molecule has 0 saturated heterocycles. The maximum atomic E-state index is 2.53. The topological polar surface area (TPSA) is 3.24 Å². The van der Waals surface area contributed by atoms with Crippen molar-refractivity contribution in [2.75, 3.05) is 13.1 Å². The predicted octanol–water partition coefficient (Wildman–Crippen LogP) is 6.67. The van der Waals surface area contributed by atoms with Crippen LogP contribution in [0.15, 0.2) is 91.0 Å². The second-order valence-electron chi connectivity index (χ2n) is 7.39. The van der Waals surface area contributed by atoms with Crippen molar-refractivity contribution in [3.05, 3.63) is 113 Å². The zero-order chi connectivity index (χ0) is 19.3. The fourth-order valence-corrected chi connectivity index (χ4v) is 4.05. The Morgan fingerprint density at radius 2 is 1.39 bits per heavy atom. The number of rotatable bonds is 5. The van der Waals surface area contributed by atoms with E-state index in [1.165, 1.54) is 39.1 Å². The van der Waals surface area contributed by atoms with Crippen molar-refractivity contribution >= 4 is 16.8 Å². The van der Waals surface area contributed by atoms with Crippen LogP contribution in [0.1, 0.15) is 35.6 Å². The van der Waals surface area contributed by atoms with Gasteiger partial charge in [0.15, 0.2) is 0 Å². The molecular formula is C27H27N. The van der Waals surface area contributed by atoms with Gasteiger partial charge in [-0.2, -0.15) is 0 Å². The van der Waals surface area contributed by atoms with Gasteiger partial charge in [0.1, 0.15) is 0 Å². The summed E-state index contributed by atoms with van der Waals surface area (Å²) < 4.78 is 0. The largest absolute Gasteiger partial charge is 0.367 e. The van der Waals surface area contributed by atoms with E-state index in [2.05, 4.69) is 110 Å². The van der Waals surface area contributed by atoms with E-state index in [9.17, 15) is 0 Å². The molecule has 0 bridgehead atoms. The minimum Gasteiger partial charge on any atom is -0.367 e. The lowest BCUT2D eigenvalue weighted by Crippen LogP contribution is -2.27. The zero-order valence-corrected chi connectivity index (χ0v) is 16.7. The molecule has 0 unspecified atom stereocenters. The summed E-state index contributed by atoms with van der Waals surface area (Å²) in [5.41, 5.74) is 9.15. The third kappa shape index (κ3) is 3.66. The van der Waals surface area contributed by atoms with E-state index < -0.39 is 0 Å². The van der Waals surface area contributed by atoms with Crippen molar-refractivity contribution in [3.8, 4) is 0 Å². The van der Waals surface area contributed by atoms with Crippen molar-refractivity contribution < 1.29 is 0 Å². The highest BCUT2D eigenvalue weighted by atomic mass is 15.1. The molecule has 28 heavy (non-hydrogen) atoms. The first-order valence-corrected chi connectivity index (χ1v) is 10.2. The molecule has 0 atom stereocenters. The summed E-state index contributed by atoms with van der Waals surface area (Å²) in [6, 6.07) is 30.5. The lowest BCUT2D eigenvalue weighted by molar-refractivity contribution is 0.436. The molecule has 0 aliphatic carbocycles. The summed E-state index contributed by atoms with van der Waals surface area (Å²) in [7, 11) is 0. The first-order valence-electron chi connectivity index (χ1n) is 10.2. The Morgan fingerprint density at radius 1 is 0.750 bits per heavy atom. The monoisotopic (exact) mass is 365 g/mol. The van der Waals surface area contributed by atoms with Gasteiger partial charge in [0, 0.05) is 18.7 Å². The molecule has 0 saturated carbocycles. The van der Waals surface area contributed by atoms with Crippen LogP contribution in [0.5, 0.6) is 0 Å². The minimum absolute atomic E-state index is 0.942. The van der Waals surface area contributed by atoms with E-state index in [0.717, 1.165) is 19.5 Å². The van der Waals surface area contributed by atoms with E-state index >= 15 is 0 Å². The molecule has 0 spiro atoms. The molecule has 1 aliphatic heterocycles.